The van der Waals surface area contributed by atoms with Gasteiger partial charge in [0.1, 0.15) is 11.5 Å². The first-order valence-electron chi connectivity index (χ1n) is 19.4. The maximum absolute atomic E-state index is 7.04. The van der Waals surface area contributed by atoms with Crippen LogP contribution in [0.4, 0.5) is 0 Å². The third kappa shape index (κ3) is 3.72. The van der Waals surface area contributed by atoms with E-state index in [9.17, 15) is 0 Å². The molecule has 0 fully saturated rings. The zero-order chi connectivity index (χ0) is 36.5. The number of fused-ring (bicyclic) bond motifs is 17. The molecule has 0 radical (unpaired) electrons. The van der Waals surface area contributed by atoms with Crippen LogP contribution in [0.1, 0.15) is 22.3 Å². The van der Waals surface area contributed by atoms with E-state index in [-0.39, 0.29) is 0 Å². The van der Waals surface area contributed by atoms with E-state index in [1.54, 1.807) is 0 Å². The van der Waals surface area contributed by atoms with Crippen LogP contribution in [0.15, 0.2) is 194 Å². The molecule has 1 spiro atoms. The Balaban J connectivity index is 1.16. The van der Waals surface area contributed by atoms with Gasteiger partial charge in [0.25, 0.3) is 0 Å². The van der Waals surface area contributed by atoms with Crippen molar-refractivity contribution in [3.63, 3.8) is 0 Å². The van der Waals surface area contributed by atoms with Gasteiger partial charge in [-0.1, -0.05) is 140 Å². The molecule has 0 bridgehead atoms. The molecular weight excluding hydrogens is 681 g/mol. The SMILES string of the molecule is c1ccc(-n2c3ccccc3c3cc(-n4c5cc6c(cc5c5ccc7ccccc7c54)C4(c5ccccc5O6)c5ccccc5-c5ccccc54)ccc32)cc1. The third-order valence-corrected chi connectivity index (χ3v) is 12.5. The van der Waals surface area contributed by atoms with Gasteiger partial charge in [-0.05, 0) is 76.2 Å². The molecule has 2 aliphatic rings. The maximum atomic E-state index is 7.04. The zero-order valence-electron chi connectivity index (χ0n) is 30.3. The second-order valence-electron chi connectivity index (χ2n) is 15.2. The topological polar surface area (TPSA) is 19.1 Å². The molecule has 1 aliphatic carbocycles. The van der Waals surface area contributed by atoms with Crippen LogP contribution in [-0.2, 0) is 5.41 Å². The Morgan fingerprint density at radius 2 is 0.982 bits per heavy atom. The molecule has 0 unspecified atom stereocenters. The molecule has 3 heterocycles. The van der Waals surface area contributed by atoms with Gasteiger partial charge in [0.05, 0.1) is 27.5 Å². The molecule has 0 atom stereocenters. The molecule has 13 rings (SSSR count). The lowest BCUT2D eigenvalue weighted by Crippen LogP contribution is -2.32. The van der Waals surface area contributed by atoms with Crippen molar-refractivity contribution in [2.45, 2.75) is 5.41 Å². The summed E-state index contributed by atoms with van der Waals surface area (Å²) in [7, 11) is 0. The molecule has 0 saturated carbocycles. The fraction of sp³-hybridized carbons (Fsp3) is 0.0189. The van der Waals surface area contributed by atoms with E-state index in [4.69, 9.17) is 4.74 Å². The number of rotatable bonds is 2. The largest absolute Gasteiger partial charge is 0.457 e. The van der Waals surface area contributed by atoms with Gasteiger partial charge < -0.3 is 13.9 Å². The second kappa shape index (κ2) is 10.9. The van der Waals surface area contributed by atoms with Gasteiger partial charge in [-0.2, -0.15) is 0 Å². The molecule has 0 N–H and O–H groups in total. The molecule has 2 aromatic heterocycles. The number of para-hydroxylation sites is 3. The van der Waals surface area contributed by atoms with Gasteiger partial charge in [0.2, 0.25) is 0 Å². The summed E-state index contributed by atoms with van der Waals surface area (Å²) >= 11 is 0. The van der Waals surface area contributed by atoms with Crippen molar-refractivity contribution in [3.05, 3.63) is 216 Å². The Labute approximate surface area is 322 Å². The molecule has 3 nitrogen and oxygen atoms in total. The van der Waals surface area contributed by atoms with Crippen molar-refractivity contribution in [1.82, 2.24) is 9.13 Å². The number of benzene rings is 9. The summed E-state index contributed by atoms with van der Waals surface area (Å²) in [5, 5.41) is 7.33. The van der Waals surface area contributed by atoms with Crippen molar-refractivity contribution < 1.29 is 4.74 Å². The lowest BCUT2D eigenvalue weighted by molar-refractivity contribution is 0.437. The number of hydrogen-bond donors (Lipinski definition) is 0. The van der Waals surface area contributed by atoms with E-state index in [2.05, 4.69) is 203 Å². The highest BCUT2D eigenvalue weighted by Crippen LogP contribution is 2.62. The number of aromatic nitrogens is 2. The lowest BCUT2D eigenvalue weighted by atomic mass is 9.66. The predicted molar refractivity (Wildman–Crippen MR) is 230 cm³/mol. The zero-order valence-corrected chi connectivity index (χ0v) is 30.3. The van der Waals surface area contributed by atoms with Gasteiger partial charge in [-0.25, -0.2) is 0 Å². The molecule has 0 saturated heterocycles. The molecule has 1 aliphatic heterocycles. The Bertz CT molecular complexity index is 3410. The fourth-order valence-electron chi connectivity index (χ4n) is 10.3. The van der Waals surface area contributed by atoms with Crippen LogP contribution in [0.5, 0.6) is 11.5 Å². The summed E-state index contributed by atoms with van der Waals surface area (Å²) in [6.45, 7) is 0. The average Bonchev–Trinajstić information content (AvgIpc) is 3.88. The van der Waals surface area contributed by atoms with Crippen LogP contribution in [0, 0.1) is 0 Å². The van der Waals surface area contributed by atoms with Gasteiger partial charge in [0, 0.05) is 55.5 Å². The molecule has 9 aromatic carbocycles. The van der Waals surface area contributed by atoms with Crippen LogP contribution in [0.25, 0.3) is 76.9 Å². The molecule has 260 valence electrons. The summed E-state index contributed by atoms with van der Waals surface area (Å²) in [6.07, 6.45) is 0. The van der Waals surface area contributed by atoms with Gasteiger partial charge in [0.15, 0.2) is 0 Å². The highest BCUT2D eigenvalue weighted by atomic mass is 16.5. The van der Waals surface area contributed by atoms with Crippen LogP contribution in [-0.4, -0.2) is 9.13 Å². The van der Waals surface area contributed by atoms with Crippen LogP contribution in [0.2, 0.25) is 0 Å². The van der Waals surface area contributed by atoms with Crippen molar-refractivity contribution >= 4 is 54.4 Å². The van der Waals surface area contributed by atoms with E-state index >= 15 is 0 Å². The van der Waals surface area contributed by atoms with Gasteiger partial charge in [-0.3, -0.25) is 0 Å². The summed E-state index contributed by atoms with van der Waals surface area (Å²) in [4.78, 5) is 0. The van der Waals surface area contributed by atoms with Crippen molar-refractivity contribution in [2.24, 2.45) is 0 Å². The lowest BCUT2D eigenvalue weighted by Gasteiger charge is -2.39. The average molecular weight is 713 g/mol. The minimum atomic E-state index is -0.533. The predicted octanol–water partition coefficient (Wildman–Crippen LogP) is 13.5. The van der Waals surface area contributed by atoms with Crippen LogP contribution >= 0.6 is 0 Å². The Hall–Kier alpha value is -7.36. The number of ether oxygens (including phenoxy) is 1. The quantitative estimate of drug-likeness (QED) is 0.175. The minimum absolute atomic E-state index is 0.533. The first kappa shape index (κ1) is 30.0. The fourth-order valence-corrected chi connectivity index (χ4v) is 10.3. The first-order valence-corrected chi connectivity index (χ1v) is 19.4. The number of nitrogens with zero attached hydrogens (tertiary/aromatic N) is 2. The van der Waals surface area contributed by atoms with Crippen molar-refractivity contribution in [3.8, 4) is 34.0 Å². The molecule has 3 heteroatoms. The Morgan fingerprint density at radius 3 is 1.80 bits per heavy atom. The van der Waals surface area contributed by atoms with Crippen LogP contribution < -0.4 is 4.74 Å². The highest BCUT2D eigenvalue weighted by molar-refractivity contribution is 6.20. The first-order chi connectivity index (χ1) is 27.8. The molecular formula is C53H32N2O. The smallest absolute Gasteiger partial charge is 0.134 e. The van der Waals surface area contributed by atoms with Gasteiger partial charge in [-0.15, -0.1) is 0 Å². The third-order valence-electron chi connectivity index (χ3n) is 12.5. The highest BCUT2D eigenvalue weighted by Gasteiger charge is 2.51. The second-order valence-corrected chi connectivity index (χ2v) is 15.2. The summed E-state index contributed by atoms with van der Waals surface area (Å²) in [5.41, 5.74) is 14.0. The Morgan fingerprint density at radius 1 is 0.339 bits per heavy atom. The normalized spacial score (nSPS) is 13.6. The van der Waals surface area contributed by atoms with E-state index in [1.165, 1.54) is 82.2 Å². The Kier molecular flexibility index (Phi) is 5.83. The van der Waals surface area contributed by atoms with E-state index < -0.39 is 5.41 Å². The molecule has 0 amide bonds. The van der Waals surface area contributed by atoms with Gasteiger partial charge >= 0.3 is 0 Å². The standard InChI is InChI=1S/C53H32N2O/c1-2-15-34(16-3-1)54-47-24-12-8-20-39(47)41-30-35(27-29-48(41)54)55-49-32-51-46(31-42(49)40-28-26-33-14-4-5-17-36(33)52(40)55)53(45-23-11-13-25-50(45)56-51)43-21-9-6-18-37(43)38-19-7-10-22-44(38)53/h1-32H. The van der Waals surface area contributed by atoms with E-state index in [0.29, 0.717) is 0 Å². The number of hydrogen-bond acceptors (Lipinski definition) is 1. The summed E-state index contributed by atoms with van der Waals surface area (Å²) < 4.78 is 11.9. The van der Waals surface area contributed by atoms with E-state index in [0.717, 1.165) is 28.4 Å². The minimum Gasteiger partial charge on any atom is -0.457 e. The molecule has 11 aromatic rings. The summed E-state index contributed by atoms with van der Waals surface area (Å²) in [6, 6.07) is 71.1. The van der Waals surface area contributed by atoms with E-state index in [1.807, 2.05) is 0 Å². The maximum Gasteiger partial charge on any atom is 0.134 e. The summed E-state index contributed by atoms with van der Waals surface area (Å²) in [5.74, 6) is 1.78. The van der Waals surface area contributed by atoms with Crippen LogP contribution in [0.3, 0.4) is 0 Å². The molecule has 56 heavy (non-hydrogen) atoms. The van der Waals surface area contributed by atoms with Crippen molar-refractivity contribution in [2.75, 3.05) is 0 Å². The van der Waals surface area contributed by atoms with Crippen molar-refractivity contribution in [1.29, 1.82) is 0 Å². The monoisotopic (exact) mass is 712 g/mol.